The molecule has 162 valence electrons. The molecule has 1 N–H and O–H groups in total. The SMILES string of the molecule is CCCCCCCCCC/C=C/CCCCCOC(=O)c1ccccc1C(=O)O. The second-order valence-electron chi connectivity index (χ2n) is 7.57. The Morgan fingerprint density at radius 2 is 1.31 bits per heavy atom. The highest BCUT2D eigenvalue weighted by molar-refractivity contribution is 6.02. The lowest BCUT2D eigenvalue weighted by Gasteiger charge is -2.06. The van der Waals surface area contributed by atoms with Crippen molar-refractivity contribution < 1.29 is 19.4 Å². The van der Waals surface area contributed by atoms with Gasteiger partial charge in [-0.3, -0.25) is 0 Å². The van der Waals surface area contributed by atoms with Crippen LogP contribution >= 0.6 is 0 Å². The molecule has 0 spiro atoms. The number of benzene rings is 1. The quantitative estimate of drug-likeness (QED) is 0.170. The van der Waals surface area contributed by atoms with Crippen molar-refractivity contribution in [3.8, 4) is 0 Å². The Morgan fingerprint density at radius 3 is 1.90 bits per heavy atom. The molecule has 0 aromatic heterocycles. The Morgan fingerprint density at radius 1 is 0.793 bits per heavy atom. The number of esters is 1. The van der Waals surface area contributed by atoms with Crippen molar-refractivity contribution in [2.45, 2.75) is 90.4 Å². The number of aromatic carboxylic acids is 1. The molecule has 0 radical (unpaired) electrons. The molecule has 0 saturated carbocycles. The number of hydrogen-bond donors (Lipinski definition) is 1. The van der Waals surface area contributed by atoms with Gasteiger partial charge in [0.25, 0.3) is 0 Å². The van der Waals surface area contributed by atoms with Crippen molar-refractivity contribution in [2.75, 3.05) is 6.61 Å². The van der Waals surface area contributed by atoms with Crippen LogP contribution in [0, 0.1) is 0 Å². The van der Waals surface area contributed by atoms with Crippen molar-refractivity contribution in [1.29, 1.82) is 0 Å². The van der Waals surface area contributed by atoms with Crippen LogP contribution in [0.5, 0.6) is 0 Å². The number of carbonyl (C=O) groups is 2. The largest absolute Gasteiger partial charge is 0.478 e. The van der Waals surface area contributed by atoms with E-state index >= 15 is 0 Å². The van der Waals surface area contributed by atoms with Gasteiger partial charge in [0.05, 0.1) is 17.7 Å². The minimum Gasteiger partial charge on any atom is -0.478 e. The van der Waals surface area contributed by atoms with Crippen LogP contribution in [0.15, 0.2) is 36.4 Å². The predicted molar refractivity (Wildman–Crippen MR) is 119 cm³/mol. The summed E-state index contributed by atoms with van der Waals surface area (Å²) in [7, 11) is 0. The lowest BCUT2D eigenvalue weighted by Crippen LogP contribution is -2.12. The topological polar surface area (TPSA) is 63.6 Å². The van der Waals surface area contributed by atoms with Crippen LogP contribution in [0.25, 0.3) is 0 Å². The molecule has 0 fully saturated rings. The van der Waals surface area contributed by atoms with Crippen LogP contribution in [0.4, 0.5) is 0 Å². The summed E-state index contributed by atoms with van der Waals surface area (Å²) in [6.45, 7) is 2.58. The van der Waals surface area contributed by atoms with E-state index < -0.39 is 11.9 Å². The maximum Gasteiger partial charge on any atom is 0.339 e. The molecule has 0 aliphatic carbocycles. The number of rotatable bonds is 17. The summed E-state index contributed by atoms with van der Waals surface area (Å²) in [5.41, 5.74) is 0.100. The van der Waals surface area contributed by atoms with Gasteiger partial charge in [0.1, 0.15) is 0 Å². The summed E-state index contributed by atoms with van der Waals surface area (Å²) in [6, 6.07) is 6.15. The Bertz CT molecular complexity index is 607. The van der Waals surface area contributed by atoms with E-state index in [-0.39, 0.29) is 11.1 Å². The van der Waals surface area contributed by atoms with Crippen LogP contribution in [0.3, 0.4) is 0 Å². The first kappa shape index (κ1) is 24.9. The first-order valence-electron chi connectivity index (χ1n) is 11.3. The maximum absolute atomic E-state index is 12.0. The van der Waals surface area contributed by atoms with Gasteiger partial charge in [-0.15, -0.1) is 0 Å². The van der Waals surface area contributed by atoms with Gasteiger partial charge >= 0.3 is 11.9 Å². The zero-order valence-corrected chi connectivity index (χ0v) is 18.0. The molecule has 0 saturated heterocycles. The van der Waals surface area contributed by atoms with Gasteiger partial charge in [-0.05, 0) is 50.7 Å². The summed E-state index contributed by atoms with van der Waals surface area (Å²) >= 11 is 0. The van der Waals surface area contributed by atoms with Crippen molar-refractivity contribution in [3.05, 3.63) is 47.5 Å². The van der Waals surface area contributed by atoms with Crippen molar-refractivity contribution >= 4 is 11.9 Å². The van der Waals surface area contributed by atoms with Gasteiger partial charge in [-0.2, -0.15) is 0 Å². The molecule has 0 atom stereocenters. The van der Waals surface area contributed by atoms with E-state index in [1.165, 1.54) is 69.9 Å². The molecule has 4 nitrogen and oxygen atoms in total. The second-order valence-corrected chi connectivity index (χ2v) is 7.57. The number of carboxylic acids is 1. The molecular formula is C25H38O4. The lowest BCUT2D eigenvalue weighted by molar-refractivity contribution is 0.0487. The van der Waals surface area contributed by atoms with E-state index in [1.54, 1.807) is 12.1 Å². The molecule has 29 heavy (non-hydrogen) atoms. The standard InChI is InChI=1S/C25H38O4/c1-2-3-4-5-6-7-8-9-10-11-12-13-14-15-18-21-29-25(28)23-20-17-16-19-22(23)24(26)27/h11-12,16-17,19-20H,2-10,13-15,18,21H2,1H3,(H,26,27)/b12-11+. The van der Waals surface area contributed by atoms with Gasteiger partial charge in [0, 0.05) is 0 Å². The lowest BCUT2D eigenvalue weighted by atomic mass is 10.1. The highest BCUT2D eigenvalue weighted by atomic mass is 16.5. The van der Waals surface area contributed by atoms with E-state index in [2.05, 4.69) is 19.1 Å². The zero-order chi connectivity index (χ0) is 21.2. The van der Waals surface area contributed by atoms with E-state index in [0.717, 1.165) is 25.7 Å². The number of allylic oxidation sites excluding steroid dienone is 2. The fourth-order valence-corrected chi connectivity index (χ4v) is 3.26. The molecule has 1 aromatic carbocycles. The van der Waals surface area contributed by atoms with E-state index in [4.69, 9.17) is 9.84 Å². The van der Waals surface area contributed by atoms with Crippen LogP contribution in [-0.2, 0) is 4.74 Å². The van der Waals surface area contributed by atoms with Crippen LogP contribution in [0.2, 0.25) is 0 Å². The molecule has 4 heteroatoms. The predicted octanol–water partition coefficient (Wildman–Crippen LogP) is 7.19. The molecule has 1 aromatic rings. The van der Waals surface area contributed by atoms with Crippen LogP contribution in [0.1, 0.15) is 111 Å². The van der Waals surface area contributed by atoms with Gasteiger partial charge in [0.15, 0.2) is 0 Å². The summed E-state index contributed by atoms with van der Waals surface area (Å²) in [5, 5.41) is 9.11. The zero-order valence-electron chi connectivity index (χ0n) is 18.0. The summed E-state index contributed by atoms with van der Waals surface area (Å²) in [5.74, 6) is -1.68. The highest BCUT2D eigenvalue weighted by Crippen LogP contribution is 2.12. The first-order valence-corrected chi connectivity index (χ1v) is 11.3. The van der Waals surface area contributed by atoms with Crippen LogP contribution in [-0.4, -0.2) is 23.7 Å². The average Bonchev–Trinajstić information content (AvgIpc) is 2.73. The fraction of sp³-hybridized carbons (Fsp3) is 0.600. The van der Waals surface area contributed by atoms with Gasteiger partial charge in [-0.1, -0.05) is 76.2 Å². The molecular weight excluding hydrogens is 364 g/mol. The molecule has 0 bridgehead atoms. The fourth-order valence-electron chi connectivity index (χ4n) is 3.26. The molecule has 0 aliphatic heterocycles. The van der Waals surface area contributed by atoms with E-state index in [0.29, 0.717) is 6.61 Å². The number of carboxylic acid groups (broad SMARTS) is 1. The highest BCUT2D eigenvalue weighted by Gasteiger charge is 2.16. The van der Waals surface area contributed by atoms with Crippen molar-refractivity contribution in [1.82, 2.24) is 0 Å². The molecule has 0 heterocycles. The Kier molecular flexibility index (Phi) is 14.5. The Balaban J connectivity index is 1.98. The van der Waals surface area contributed by atoms with Crippen molar-refractivity contribution in [2.24, 2.45) is 0 Å². The van der Waals surface area contributed by atoms with E-state index in [9.17, 15) is 9.59 Å². The van der Waals surface area contributed by atoms with Crippen LogP contribution < -0.4 is 0 Å². The third kappa shape index (κ3) is 12.1. The maximum atomic E-state index is 12.0. The van der Waals surface area contributed by atoms with Gasteiger partial charge in [0.2, 0.25) is 0 Å². The summed E-state index contributed by atoms with van der Waals surface area (Å²) in [4.78, 5) is 23.2. The molecule has 0 unspecified atom stereocenters. The summed E-state index contributed by atoms with van der Waals surface area (Å²) < 4.78 is 5.21. The molecule has 0 aliphatic rings. The molecule has 0 amide bonds. The Labute approximate surface area is 176 Å². The number of unbranched alkanes of at least 4 members (excludes halogenated alkanes) is 11. The first-order chi connectivity index (χ1) is 14.2. The Hall–Kier alpha value is -2.10. The number of ether oxygens (including phenoxy) is 1. The summed E-state index contributed by atoms with van der Waals surface area (Å²) in [6.07, 6.45) is 20.5. The minimum absolute atomic E-state index is 0.0147. The number of carbonyl (C=O) groups excluding carboxylic acids is 1. The molecule has 1 rings (SSSR count). The minimum atomic E-state index is -1.11. The average molecular weight is 403 g/mol. The number of hydrogen-bond acceptors (Lipinski definition) is 3. The third-order valence-electron chi connectivity index (χ3n) is 5.02. The van der Waals surface area contributed by atoms with E-state index in [1.807, 2.05) is 0 Å². The van der Waals surface area contributed by atoms with Gasteiger partial charge < -0.3 is 9.84 Å². The second kappa shape index (κ2) is 16.8. The van der Waals surface area contributed by atoms with Gasteiger partial charge in [-0.25, -0.2) is 9.59 Å². The normalized spacial score (nSPS) is 11.1. The third-order valence-corrected chi connectivity index (χ3v) is 5.02. The van der Waals surface area contributed by atoms with Crippen molar-refractivity contribution in [3.63, 3.8) is 0 Å². The monoisotopic (exact) mass is 402 g/mol. The smallest absolute Gasteiger partial charge is 0.339 e.